The van der Waals surface area contributed by atoms with Gasteiger partial charge in [0, 0.05) is 43.4 Å². The van der Waals surface area contributed by atoms with E-state index in [-0.39, 0.29) is 0 Å². The molecule has 0 N–H and O–H groups in total. The van der Waals surface area contributed by atoms with Crippen LogP contribution in [0.5, 0.6) is 0 Å². The Kier molecular flexibility index (Phi) is 5.10. The van der Waals surface area contributed by atoms with Crippen molar-refractivity contribution in [3.05, 3.63) is 33.9 Å². The lowest BCUT2D eigenvalue weighted by Gasteiger charge is -2.15. The second-order valence-electron chi connectivity index (χ2n) is 7.10. The van der Waals surface area contributed by atoms with Crippen LogP contribution in [0, 0.1) is 6.92 Å². The van der Waals surface area contributed by atoms with E-state index >= 15 is 0 Å². The first kappa shape index (κ1) is 17.6. The molecule has 0 atom stereocenters. The molecule has 0 saturated heterocycles. The molecule has 0 aliphatic rings. The van der Waals surface area contributed by atoms with Gasteiger partial charge in [0.25, 0.3) is 0 Å². The SMILES string of the molecule is Cc1nc(-c2cn(COCC[Si](C)(C)C)c3nccc(Cl)c23)cs1. The number of hydrogen-bond donors (Lipinski definition) is 0. The Morgan fingerprint density at radius 1 is 1.33 bits per heavy atom. The normalized spacial score (nSPS) is 12.2. The van der Waals surface area contributed by atoms with Crippen molar-refractivity contribution in [1.82, 2.24) is 14.5 Å². The first-order valence-electron chi connectivity index (χ1n) is 7.99. The van der Waals surface area contributed by atoms with Crippen molar-refractivity contribution < 1.29 is 4.74 Å². The third-order valence-corrected chi connectivity index (χ3v) is 6.62. The quantitative estimate of drug-likeness (QED) is 0.423. The molecular formula is C17H22ClN3OSSi. The van der Waals surface area contributed by atoms with Crippen LogP contribution in [0.3, 0.4) is 0 Å². The summed E-state index contributed by atoms with van der Waals surface area (Å²) in [6.07, 6.45) is 3.78. The van der Waals surface area contributed by atoms with E-state index in [1.54, 1.807) is 17.5 Å². The highest BCUT2D eigenvalue weighted by Gasteiger charge is 2.17. The van der Waals surface area contributed by atoms with Gasteiger partial charge in [0.1, 0.15) is 12.4 Å². The van der Waals surface area contributed by atoms with Crippen LogP contribution >= 0.6 is 22.9 Å². The molecule has 3 heterocycles. The maximum Gasteiger partial charge on any atom is 0.143 e. The Morgan fingerprint density at radius 2 is 2.12 bits per heavy atom. The summed E-state index contributed by atoms with van der Waals surface area (Å²) in [6.45, 7) is 10.3. The van der Waals surface area contributed by atoms with Gasteiger partial charge in [0.15, 0.2) is 0 Å². The van der Waals surface area contributed by atoms with Crippen molar-refractivity contribution in [1.29, 1.82) is 0 Å². The molecule has 7 heteroatoms. The van der Waals surface area contributed by atoms with Crippen LogP contribution in [0.15, 0.2) is 23.8 Å². The van der Waals surface area contributed by atoms with Crippen molar-refractivity contribution in [2.45, 2.75) is 39.3 Å². The van der Waals surface area contributed by atoms with Crippen LogP contribution in [0.1, 0.15) is 5.01 Å². The Balaban J connectivity index is 1.90. The number of hydrogen-bond acceptors (Lipinski definition) is 4. The largest absolute Gasteiger partial charge is 0.361 e. The lowest BCUT2D eigenvalue weighted by molar-refractivity contribution is 0.0899. The van der Waals surface area contributed by atoms with Crippen LogP contribution in [0.2, 0.25) is 30.7 Å². The molecule has 128 valence electrons. The third kappa shape index (κ3) is 3.88. The van der Waals surface area contributed by atoms with Crippen LogP contribution in [-0.2, 0) is 11.5 Å². The Morgan fingerprint density at radius 3 is 2.79 bits per heavy atom. The lowest BCUT2D eigenvalue weighted by Crippen LogP contribution is -2.22. The number of aromatic nitrogens is 3. The average molecular weight is 380 g/mol. The Hall–Kier alpha value is -1.21. The number of pyridine rings is 1. The summed E-state index contributed by atoms with van der Waals surface area (Å²) in [5.41, 5.74) is 2.80. The molecule has 0 fully saturated rings. The van der Waals surface area contributed by atoms with Gasteiger partial charge in [-0.15, -0.1) is 11.3 Å². The lowest BCUT2D eigenvalue weighted by atomic mass is 10.2. The average Bonchev–Trinajstić information content (AvgIpc) is 3.07. The molecule has 0 amide bonds. The van der Waals surface area contributed by atoms with E-state index in [0.717, 1.165) is 39.9 Å². The highest BCUT2D eigenvalue weighted by molar-refractivity contribution is 7.09. The second-order valence-corrected chi connectivity index (χ2v) is 14.2. The van der Waals surface area contributed by atoms with E-state index in [4.69, 9.17) is 16.3 Å². The smallest absolute Gasteiger partial charge is 0.143 e. The Labute approximate surface area is 152 Å². The molecule has 3 aromatic heterocycles. The molecule has 0 unspecified atom stereocenters. The van der Waals surface area contributed by atoms with Crippen molar-refractivity contribution in [3.63, 3.8) is 0 Å². The van der Waals surface area contributed by atoms with Gasteiger partial charge in [0.05, 0.1) is 15.7 Å². The second kappa shape index (κ2) is 6.96. The van der Waals surface area contributed by atoms with Gasteiger partial charge in [-0.05, 0) is 19.0 Å². The minimum Gasteiger partial charge on any atom is -0.361 e. The topological polar surface area (TPSA) is 39.9 Å². The standard InChI is InChI=1S/C17H22ClN3OSSi/c1-12-20-15(10-23-12)13-9-21(11-22-7-8-24(2,3)4)17-16(13)14(18)5-6-19-17/h5-6,9-10H,7-8,11H2,1-4H3. The molecule has 3 rings (SSSR count). The maximum absolute atomic E-state index is 6.44. The van der Waals surface area contributed by atoms with Gasteiger partial charge in [-0.2, -0.15) is 0 Å². The van der Waals surface area contributed by atoms with Gasteiger partial charge in [-0.3, -0.25) is 0 Å². The van der Waals surface area contributed by atoms with E-state index in [1.165, 1.54) is 0 Å². The first-order valence-corrected chi connectivity index (χ1v) is 13.0. The van der Waals surface area contributed by atoms with E-state index in [0.29, 0.717) is 11.8 Å². The van der Waals surface area contributed by atoms with Gasteiger partial charge in [-0.25, -0.2) is 9.97 Å². The van der Waals surface area contributed by atoms with Crippen LogP contribution in [0.4, 0.5) is 0 Å². The number of nitrogens with zero attached hydrogens (tertiary/aromatic N) is 3. The zero-order valence-corrected chi connectivity index (χ0v) is 17.0. The molecule has 0 aliphatic heterocycles. The van der Waals surface area contributed by atoms with Crippen molar-refractivity contribution >= 4 is 42.0 Å². The number of aryl methyl sites for hydroxylation is 1. The molecule has 0 radical (unpaired) electrons. The molecule has 24 heavy (non-hydrogen) atoms. The fourth-order valence-electron chi connectivity index (χ4n) is 2.50. The number of halogens is 1. The molecule has 0 aromatic carbocycles. The number of rotatable bonds is 6. The van der Waals surface area contributed by atoms with E-state index in [1.807, 2.05) is 23.8 Å². The van der Waals surface area contributed by atoms with Crippen LogP contribution < -0.4 is 0 Å². The zero-order valence-electron chi connectivity index (χ0n) is 14.5. The van der Waals surface area contributed by atoms with Gasteiger partial charge >= 0.3 is 0 Å². The first-order chi connectivity index (χ1) is 11.3. The minimum absolute atomic E-state index is 0.484. The molecule has 4 nitrogen and oxygen atoms in total. The molecular weight excluding hydrogens is 358 g/mol. The molecule has 0 spiro atoms. The highest BCUT2D eigenvalue weighted by atomic mass is 35.5. The predicted octanol–water partition coefficient (Wildman–Crippen LogP) is 5.43. The number of ether oxygens (including phenoxy) is 1. The summed E-state index contributed by atoms with van der Waals surface area (Å²) in [5.74, 6) is 0. The summed E-state index contributed by atoms with van der Waals surface area (Å²) < 4.78 is 7.92. The number of fused-ring (bicyclic) bond motifs is 1. The molecule has 0 aliphatic carbocycles. The fourth-order valence-corrected chi connectivity index (χ4v) is 4.11. The Bertz CT molecular complexity index is 853. The monoisotopic (exact) mass is 379 g/mol. The van der Waals surface area contributed by atoms with Gasteiger partial charge in [0.2, 0.25) is 0 Å². The number of thiazole rings is 1. The van der Waals surface area contributed by atoms with Gasteiger partial charge in [-0.1, -0.05) is 31.2 Å². The molecule has 3 aromatic rings. The predicted molar refractivity (Wildman–Crippen MR) is 105 cm³/mol. The van der Waals surface area contributed by atoms with Crippen LogP contribution in [-0.4, -0.2) is 29.2 Å². The minimum atomic E-state index is -1.08. The van der Waals surface area contributed by atoms with Crippen molar-refractivity contribution in [2.24, 2.45) is 0 Å². The van der Waals surface area contributed by atoms with E-state index in [9.17, 15) is 0 Å². The van der Waals surface area contributed by atoms with Crippen LogP contribution in [0.25, 0.3) is 22.3 Å². The fraction of sp³-hybridized carbons (Fsp3) is 0.412. The van der Waals surface area contributed by atoms with E-state index < -0.39 is 8.07 Å². The zero-order chi connectivity index (χ0) is 17.3. The molecule has 0 bridgehead atoms. The van der Waals surface area contributed by atoms with Gasteiger partial charge < -0.3 is 9.30 Å². The molecule has 0 saturated carbocycles. The summed E-state index contributed by atoms with van der Waals surface area (Å²) in [6, 6.07) is 2.97. The summed E-state index contributed by atoms with van der Waals surface area (Å²) in [4.78, 5) is 9.10. The summed E-state index contributed by atoms with van der Waals surface area (Å²) in [7, 11) is -1.08. The third-order valence-electron chi connectivity index (χ3n) is 3.83. The summed E-state index contributed by atoms with van der Waals surface area (Å²) >= 11 is 8.08. The highest BCUT2D eigenvalue weighted by Crippen LogP contribution is 2.34. The van der Waals surface area contributed by atoms with E-state index in [2.05, 4.69) is 35.0 Å². The van der Waals surface area contributed by atoms with Crippen molar-refractivity contribution in [3.8, 4) is 11.3 Å². The van der Waals surface area contributed by atoms with Crippen molar-refractivity contribution in [2.75, 3.05) is 6.61 Å². The maximum atomic E-state index is 6.44. The summed E-state index contributed by atoms with van der Waals surface area (Å²) in [5, 5.41) is 4.74.